The van der Waals surface area contributed by atoms with Crippen molar-refractivity contribution in [3.63, 3.8) is 0 Å². The van der Waals surface area contributed by atoms with Crippen molar-refractivity contribution in [2.75, 3.05) is 13.2 Å². The van der Waals surface area contributed by atoms with Crippen LogP contribution < -0.4 is 13.7 Å². The number of hydrogen-bond donors (Lipinski definition) is 1. The number of aryl methyl sites for hydroxylation is 1. The standard InChI is InChI=1S/C96H130F2N4O2S6Se2Si2/c1-13-21-29-31-33-35-37-39-41-43-55-103-93-66(10)82(90(100-111)89(99)68(93)12)75-49-47-73(106-75)69-45-46-70(88(98)87(69)97)74-48-50-78(107-74)86-92-91(101-112-102-92)83(67(11)94(86)104-56-44-42-40-38-36-34-32-30-22-14-2)79-64-72-85(77-52-54-81(109-77)114(60-26-18-6,61-27-19-7)62-28-20-8)95-71(63-65(9)105-95)84(96(72)110-79)76-51-53-80(108-76)113(57-23-15-3,58-24-16-4)59-25-17-5/h45-54,63-64,99,111H,13-44,55-62H2,1-12H3. The number of fused-ring (bicyclic) bond motifs is 3. The fourth-order valence-electron chi connectivity index (χ4n) is 17.7. The van der Waals surface area contributed by atoms with E-state index in [-0.39, 0.29) is 11.1 Å². The molecule has 0 bridgehead atoms. The maximum absolute atomic E-state index is 17.3. The van der Waals surface area contributed by atoms with Crippen LogP contribution in [0.25, 0.3) is 99.4 Å². The molecule has 0 fully saturated rings. The quantitative estimate of drug-likeness (QED) is 0.0234. The van der Waals surface area contributed by atoms with Gasteiger partial charge in [0.15, 0.2) is 0 Å². The van der Waals surface area contributed by atoms with Crippen molar-refractivity contribution in [3.8, 4) is 68.4 Å². The summed E-state index contributed by atoms with van der Waals surface area (Å²) in [5, 5.41) is 12.0. The summed E-state index contributed by atoms with van der Waals surface area (Å²) in [6.45, 7) is 28.6. The molecule has 0 spiro atoms. The Kier molecular flexibility index (Phi) is 35.6. The van der Waals surface area contributed by atoms with E-state index in [9.17, 15) is 5.41 Å². The molecule has 1 aliphatic rings. The van der Waals surface area contributed by atoms with Gasteiger partial charge in [-0.25, -0.2) is 0 Å². The molecule has 1 aliphatic carbocycles. The van der Waals surface area contributed by atoms with Gasteiger partial charge in [0, 0.05) is 0 Å². The van der Waals surface area contributed by atoms with Crippen LogP contribution in [0.1, 0.15) is 290 Å². The number of nitrogens with zero attached hydrogens (tertiary/aromatic N) is 3. The van der Waals surface area contributed by atoms with E-state index in [2.05, 4.69) is 155 Å². The first-order chi connectivity index (χ1) is 55.6. The van der Waals surface area contributed by atoms with Crippen LogP contribution in [0.4, 0.5) is 8.78 Å². The number of thiophene rings is 6. The summed E-state index contributed by atoms with van der Waals surface area (Å²) in [6, 6.07) is 35.0. The Labute approximate surface area is 724 Å². The molecule has 0 aliphatic heterocycles. The zero-order chi connectivity index (χ0) is 80.7. The molecular weight excluding hydrogens is 1690 g/mol. The molecule has 7 heterocycles. The molecule has 7 aromatic heterocycles. The van der Waals surface area contributed by atoms with Gasteiger partial charge in [-0.3, -0.25) is 0 Å². The van der Waals surface area contributed by atoms with E-state index in [1.54, 1.807) is 21.1 Å². The molecule has 0 amide bonds. The molecule has 616 valence electrons. The van der Waals surface area contributed by atoms with Crippen LogP contribution >= 0.6 is 68.0 Å². The fraction of sp³-hybridized carbons (Fsp3) is 0.542. The molecule has 11 rings (SSSR count). The van der Waals surface area contributed by atoms with Gasteiger partial charge in [-0.15, -0.1) is 0 Å². The molecule has 3 aromatic carbocycles. The zero-order valence-electron chi connectivity index (χ0n) is 70.9. The van der Waals surface area contributed by atoms with Crippen molar-refractivity contribution >= 4 is 173 Å². The van der Waals surface area contributed by atoms with Gasteiger partial charge in [-0.2, -0.15) is 0 Å². The van der Waals surface area contributed by atoms with Gasteiger partial charge >= 0.3 is 541 Å². The van der Waals surface area contributed by atoms with Gasteiger partial charge < -0.3 is 0 Å². The van der Waals surface area contributed by atoms with Gasteiger partial charge in [0.2, 0.25) is 0 Å². The summed E-state index contributed by atoms with van der Waals surface area (Å²) in [4.78, 5) is 8.30. The first kappa shape index (κ1) is 90.5. The predicted octanol–water partition coefficient (Wildman–Crippen LogP) is 31.9. The zero-order valence-corrected chi connectivity index (χ0v) is 81.4. The molecule has 1 N–H and O–H groups in total. The summed E-state index contributed by atoms with van der Waals surface area (Å²) < 4.78 is 70.1. The summed E-state index contributed by atoms with van der Waals surface area (Å²) in [5.41, 5.74) is 11.3. The molecular formula is C96H130F2N4O2S6Se2Si2. The number of halogens is 2. The van der Waals surface area contributed by atoms with Gasteiger partial charge in [0.25, 0.3) is 0 Å². The third-order valence-electron chi connectivity index (χ3n) is 24.3. The molecule has 0 saturated heterocycles. The van der Waals surface area contributed by atoms with Gasteiger partial charge in [-0.1, -0.05) is 190 Å². The van der Waals surface area contributed by atoms with Crippen molar-refractivity contribution in [2.24, 2.45) is 4.01 Å². The number of aromatic nitrogens is 2. The van der Waals surface area contributed by atoms with E-state index < -0.39 is 42.7 Å². The molecule has 0 saturated carbocycles. The van der Waals surface area contributed by atoms with Crippen molar-refractivity contribution in [1.82, 2.24) is 7.96 Å². The van der Waals surface area contributed by atoms with Crippen LogP contribution in [0.5, 0.6) is 5.75 Å². The summed E-state index contributed by atoms with van der Waals surface area (Å²) in [6.07, 6.45) is 40.0. The molecule has 0 atom stereocenters. The average Bonchev–Trinajstić information content (AvgIpc) is 1.55. The number of benzene rings is 3. The van der Waals surface area contributed by atoms with Crippen molar-refractivity contribution in [3.05, 3.63) is 117 Å². The van der Waals surface area contributed by atoms with Crippen molar-refractivity contribution < 1.29 is 18.3 Å². The molecule has 114 heavy (non-hydrogen) atoms. The maximum atomic E-state index is 17.3. The van der Waals surface area contributed by atoms with E-state index in [4.69, 9.17) is 17.4 Å². The second kappa shape index (κ2) is 44.9. The van der Waals surface area contributed by atoms with Crippen LogP contribution in [0, 0.1) is 30.9 Å². The second-order valence-corrected chi connectivity index (χ2v) is 50.9. The van der Waals surface area contributed by atoms with E-state index in [0.29, 0.717) is 40.2 Å². The first-order valence-corrected chi connectivity index (χ1v) is 56.8. The number of hydrogen-bond acceptors (Lipinski definition) is 12. The monoisotopic (exact) mass is 1820 g/mol. The normalized spacial score (nSPS) is 13.5. The third kappa shape index (κ3) is 21.2. The SMILES string of the molecule is CCCCCCCCCCCCOC1=C(C)C(=N)C(=N[SeH])C(c2ccc(-c3ccc(-c4ccc(-c5c(OCCCCCCCCCCCC)c(C)c(-c6cc7c(-c8ccc([Si](CCCC)(CCCC)CCCC)s8)c8sc(C)cc8c(-c8ccc([Si](CCCC)(CCCC)CCCC)s8)c7s6)c6n[se]nc56)s4)c(F)c3F)s2)=C1C. The van der Waals surface area contributed by atoms with Crippen LogP contribution in [-0.2, 0) is 4.74 Å². The molecule has 10 aromatic rings. The Hall–Kier alpha value is -4.27. The second-order valence-electron chi connectivity index (χ2n) is 32.8. The van der Waals surface area contributed by atoms with Gasteiger partial charge in [0.1, 0.15) is 0 Å². The van der Waals surface area contributed by atoms with E-state index in [1.807, 2.05) is 54.7 Å². The van der Waals surface area contributed by atoms with Gasteiger partial charge in [0.05, 0.1) is 0 Å². The number of unbranched alkanes of at least 4 members (excludes halogenated alkanes) is 24. The number of nitrogens with one attached hydrogen (secondary N) is 1. The van der Waals surface area contributed by atoms with Crippen LogP contribution in [-0.4, -0.2) is 79.9 Å². The molecule has 0 unspecified atom stereocenters. The summed E-state index contributed by atoms with van der Waals surface area (Å²) >= 11 is 13.0. The Bertz CT molecular complexity index is 4720. The number of ether oxygens (including phenoxy) is 2. The first-order valence-electron chi connectivity index (χ1n) is 44.3. The summed E-state index contributed by atoms with van der Waals surface area (Å²) in [7, 11) is -3.67. The Morgan fingerprint density at radius 2 is 0.789 bits per heavy atom. The summed E-state index contributed by atoms with van der Waals surface area (Å²) in [5.74, 6) is -0.253. The van der Waals surface area contributed by atoms with Crippen LogP contribution in [0.3, 0.4) is 0 Å². The average molecular weight is 1820 g/mol. The fourth-order valence-corrected chi connectivity index (χ4v) is 40.0. The minimum absolute atomic E-state index is 0.195. The number of rotatable bonds is 51. The Morgan fingerprint density at radius 1 is 0.404 bits per heavy atom. The molecule has 18 heteroatoms. The third-order valence-corrected chi connectivity index (χ3v) is 45.7. The van der Waals surface area contributed by atoms with Gasteiger partial charge in [-0.05, 0) is 0 Å². The van der Waals surface area contributed by atoms with Crippen molar-refractivity contribution in [1.29, 1.82) is 5.41 Å². The molecule has 0 radical (unpaired) electrons. The van der Waals surface area contributed by atoms with E-state index >= 15 is 8.78 Å². The minimum atomic E-state index is -1.83. The van der Waals surface area contributed by atoms with Crippen LogP contribution in [0.2, 0.25) is 36.3 Å². The number of allylic oxidation sites excluding steroid dienone is 3. The Balaban J connectivity index is 0.997. The molecule has 6 nitrogen and oxygen atoms in total. The Morgan fingerprint density at radius 3 is 1.25 bits per heavy atom. The topological polar surface area (TPSA) is 80.5 Å². The van der Waals surface area contributed by atoms with Crippen molar-refractivity contribution in [2.45, 2.75) is 325 Å². The predicted molar refractivity (Wildman–Crippen MR) is 513 cm³/mol. The van der Waals surface area contributed by atoms with E-state index in [0.717, 1.165) is 85.6 Å². The van der Waals surface area contributed by atoms with E-state index in [1.165, 1.54) is 290 Å². The van der Waals surface area contributed by atoms with Crippen LogP contribution in [0.15, 0.2) is 93.7 Å².